The third-order valence-corrected chi connectivity index (χ3v) is 3.06. The monoisotopic (exact) mass is 286 g/mol. The van der Waals surface area contributed by atoms with Gasteiger partial charge in [-0.2, -0.15) is 0 Å². The van der Waals surface area contributed by atoms with Crippen molar-refractivity contribution in [2.45, 2.75) is 26.0 Å². The van der Waals surface area contributed by atoms with E-state index in [0.717, 1.165) is 23.3 Å². The van der Waals surface area contributed by atoms with Crippen LogP contribution in [0.15, 0.2) is 48.5 Å². The first-order valence-corrected chi connectivity index (χ1v) is 6.76. The van der Waals surface area contributed by atoms with Crippen LogP contribution in [-0.2, 0) is 13.0 Å². The minimum absolute atomic E-state index is 0.0640. The molecule has 110 valence electrons. The second-order valence-corrected chi connectivity index (χ2v) is 5.00. The third kappa shape index (κ3) is 4.29. The molecule has 0 aliphatic rings. The molecule has 0 heterocycles. The average Bonchev–Trinajstić information content (AvgIpc) is 2.46. The van der Waals surface area contributed by atoms with Gasteiger partial charge in [0.25, 0.3) is 5.69 Å². The molecule has 0 bridgehead atoms. The maximum Gasteiger partial charge on any atom is 0.269 e. The van der Waals surface area contributed by atoms with Crippen LogP contribution < -0.4 is 10.5 Å². The van der Waals surface area contributed by atoms with Crippen molar-refractivity contribution in [3.05, 3.63) is 69.8 Å². The molecule has 0 saturated heterocycles. The van der Waals surface area contributed by atoms with Crippen LogP contribution in [0.4, 0.5) is 5.69 Å². The lowest BCUT2D eigenvalue weighted by atomic mass is 10.1. The summed E-state index contributed by atoms with van der Waals surface area (Å²) >= 11 is 0. The fourth-order valence-corrected chi connectivity index (χ4v) is 2.04. The van der Waals surface area contributed by atoms with Crippen LogP contribution in [0.5, 0.6) is 5.75 Å². The first kappa shape index (κ1) is 15.0. The molecule has 2 aromatic rings. The predicted octanol–water partition coefficient (Wildman–Crippen LogP) is 3.06. The predicted molar refractivity (Wildman–Crippen MR) is 81.2 cm³/mol. The molecule has 0 aromatic heterocycles. The zero-order chi connectivity index (χ0) is 15.2. The van der Waals surface area contributed by atoms with Gasteiger partial charge in [0.15, 0.2) is 0 Å². The molecule has 0 aliphatic carbocycles. The number of nitro benzene ring substituents is 1. The lowest BCUT2D eigenvalue weighted by Crippen LogP contribution is -2.18. The van der Waals surface area contributed by atoms with Crippen LogP contribution in [0, 0.1) is 10.1 Å². The van der Waals surface area contributed by atoms with Gasteiger partial charge in [-0.25, -0.2) is 0 Å². The molecule has 5 heteroatoms. The molecule has 21 heavy (non-hydrogen) atoms. The number of rotatable bonds is 6. The van der Waals surface area contributed by atoms with Gasteiger partial charge in [0.2, 0.25) is 0 Å². The molecule has 2 N–H and O–H groups in total. The van der Waals surface area contributed by atoms with Gasteiger partial charge in [0.05, 0.1) is 4.92 Å². The number of nitrogens with zero attached hydrogens (tertiary/aromatic N) is 1. The van der Waals surface area contributed by atoms with Crippen molar-refractivity contribution in [1.29, 1.82) is 0 Å². The van der Waals surface area contributed by atoms with Crippen LogP contribution in [0.1, 0.15) is 18.1 Å². The minimum Gasteiger partial charge on any atom is -0.489 e. The quantitative estimate of drug-likeness (QED) is 0.654. The number of para-hydroxylation sites is 1. The topological polar surface area (TPSA) is 78.4 Å². The number of ether oxygens (including phenoxy) is 1. The molecule has 0 aliphatic heterocycles. The minimum atomic E-state index is -0.414. The highest BCUT2D eigenvalue weighted by molar-refractivity contribution is 5.35. The average molecular weight is 286 g/mol. The maximum atomic E-state index is 10.6. The number of nitro groups is 1. The fraction of sp³-hybridized carbons (Fsp3) is 0.250. The maximum absolute atomic E-state index is 10.6. The summed E-state index contributed by atoms with van der Waals surface area (Å²) in [5.74, 6) is 0.799. The lowest BCUT2D eigenvalue weighted by molar-refractivity contribution is -0.384. The Kier molecular flexibility index (Phi) is 4.90. The van der Waals surface area contributed by atoms with E-state index in [9.17, 15) is 10.1 Å². The first-order valence-electron chi connectivity index (χ1n) is 6.76. The van der Waals surface area contributed by atoms with E-state index in [1.54, 1.807) is 12.1 Å². The zero-order valence-electron chi connectivity index (χ0n) is 11.9. The Labute approximate surface area is 123 Å². The van der Waals surface area contributed by atoms with Crippen molar-refractivity contribution in [1.82, 2.24) is 0 Å². The molecular weight excluding hydrogens is 268 g/mol. The summed E-state index contributed by atoms with van der Waals surface area (Å²) in [4.78, 5) is 10.2. The lowest BCUT2D eigenvalue weighted by Gasteiger charge is -2.13. The molecule has 0 fully saturated rings. The third-order valence-electron chi connectivity index (χ3n) is 3.06. The molecule has 5 nitrogen and oxygen atoms in total. The van der Waals surface area contributed by atoms with Crippen molar-refractivity contribution in [2.24, 2.45) is 5.73 Å². The van der Waals surface area contributed by atoms with Crippen LogP contribution >= 0.6 is 0 Å². The van der Waals surface area contributed by atoms with Gasteiger partial charge in [-0.1, -0.05) is 18.2 Å². The highest BCUT2D eigenvalue weighted by Crippen LogP contribution is 2.21. The molecule has 1 atom stereocenters. The molecular formula is C16H18N2O3. The van der Waals surface area contributed by atoms with Crippen molar-refractivity contribution in [3.8, 4) is 5.75 Å². The second-order valence-electron chi connectivity index (χ2n) is 5.00. The van der Waals surface area contributed by atoms with Crippen molar-refractivity contribution >= 4 is 5.69 Å². The van der Waals surface area contributed by atoms with Crippen LogP contribution in [0.2, 0.25) is 0 Å². The number of benzene rings is 2. The molecule has 0 spiro atoms. The molecule has 1 unspecified atom stereocenters. The van der Waals surface area contributed by atoms with E-state index < -0.39 is 4.92 Å². The van der Waals surface area contributed by atoms with Gasteiger partial charge in [-0.05, 0) is 42.7 Å². The van der Waals surface area contributed by atoms with E-state index in [0.29, 0.717) is 6.61 Å². The number of hydrogen-bond donors (Lipinski definition) is 1. The van der Waals surface area contributed by atoms with Gasteiger partial charge in [0.1, 0.15) is 12.4 Å². The van der Waals surface area contributed by atoms with E-state index in [2.05, 4.69) is 0 Å². The molecule has 2 aromatic carbocycles. The first-order chi connectivity index (χ1) is 10.1. The fourth-order valence-electron chi connectivity index (χ4n) is 2.04. The number of nitrogens with two attached hydrogens (primary N) is 1. The number of hydrogen-bond acceptors (Lipinski definition) is 4. The van der Waals surface area contributed by atoms with Crippen molar-refractivity contribution in [3.63, 3.8) is 0 Å². The van der Waals surface area contributed by atoms with Gasteiger partial charge in [-0.15, -0.1) is 0 Å². The Bertz CT molecular complexity index is 609. The standard InChI is InChI=1S/C16H18N2O3/c1-12(17)10-14-4-2-3-5-16(14)21-11-13-6-8-15(9-7-13)18(19)20/h2-9,12H,10-11,17H2,1H3. The summed E-state index contributed by atoms with van der Waals surface area (Å²) in [5.41, 5.74) is 7.86. The van der Waals surface area contributed by atoms with Gasteiger partial charge in [-0.3, -0.25) is 10.1 Å². The molecule has 2 rings (SSSR count). The van der Waals surface area contributed by atoms with Crippen LogP contribution in [0.25, 0.3) is 0 Å². The molecule has 0 saturated carbocycles. The number of non-ortho nitro benzene ring substituents is 1. The largest absolute Gasteiger partial charge is 0.489 e. The van der Waals surface area contributed by atoms with Crippen molar-refractivity contribution in [2.75, 3.05) is 0 Å². The normalized spacial score (nSPS) is 11.9. The Morgan fingerprint density at radius 2 is 1.86 bits per heavy atom. The summed E-state index contributed by atoms with van der Waals surface area (Å²) in [6, 6.07) is 14.2. The van der Waals surface area contributed by atoms with Gasteiger partial charge >= 0.3 is 0 Å². The highest BCUT2D eigenvalue weighted by atomic mass is 16.6. The summed E-state index contributed by atoms with van der Waals surface area (Å²) in [5, 5.41) is 10.6. The highest BCUT2D eigenvalue weighted by Gasteiger charge is 2.07. The molecule has 0 radical (unpaired) electrons. The summed E-state index contributed by atoms with van der Waals surface area (Å²) in [6.45, 7) is 2.32. The Balaban J connectivity index is 2.04. The SMILES string of the molecule is CC(N)Cc1ccccc1OCc1ccc([N+](=O)[O-])cc1. The summed E-state index contributed by atoms with van der Waals surface area (Å²) in [7, 11) is 0. The van der Waals surface area contributed by atoms with E-state index >= 15 is 0 Å². The van der Waals surface area contributed by atoms with E-state index in [1.165, 1.54) is 12.1 Å². The Morgan fingerprint density at radius 3 is 2.48 bits per heavy atom. The van der Waals surface area contributed by atoms with Gasteiger partial charge < -0.3 is 10.5 Å². The summed E-state index contributed by atoms with van der Waals surface area (Å²) < 4.78 is 5.80. The Morgan fingerprint density at radius 1 is 1.19 bits per heavy atom. The second kappa shape index (κ2) is 6.85. The van der Waals surface area contributed by atoms with E-state index in [4.69, 9.17) is 10.5 Å². The van der Waals surface area contributed by atoms with E-state index in [1.807, 2.05) is 31.2 Å². The smallest absolute Gasteiger partial charge is 0.269 e. The van der Waals surface area contributed by atoms with Crippen LogP contribution in [-0.4, -0.2) is 11.0 Å². The Hall–Kier alpha value is -2.40. The van der Waals surface area contributed by atoms with Crippen molar-refractivity contribution < 1.29 is 9.66 Å². The zero-order valence-corrected chi connectivity index (χ0v) is 11.9. The van der Waals surface area contributed by atoms with Gasteiger partial charge in [0, 0.05) is 18.2 Å². The van der Waals surface area contributed by atoms with Crippen LogP contribution in [0.3, 0.4) is 0 Å². The molecule has 0 amide bonds. The van der Waals surface area contributed by atoms with E-state index in [-0.39, 0.29) is 11.7 Å². The summed E-state index contributed by atoms with van der Waals surface area (Å²) in [6.07, 6.45) is 0.746.